The van der Waals surface area contributed by atoms with Gasteiger partial charge in [0.05, 0.1) is 23.3 Å². The van der Waals surface area contributed by atoms with Gasteiger partial charge in [-0.25, -0.2) is 23.3 Å². The number of nitrogens with zero attached hydrogens (tertiary/aromatic N) is 3. The van der Waals surface area contributed by atoms with Crippen molar-refractivity contribution in [3.63, 3.8) is 0 Å². The standard InChI is InChI=1S/C32H33F2N4O5P/c1-31(2,3)42-44(40,43-32(4,5)6)41-18-22-14-25(33)26(34)15-23(22)19-11-12-27-24(13-19)28(37-30(35)36-27)29(39)38-16-20-9-7-8-10-21(20)17-38/h7-17H,18H2,1-6H3,(H2,35,36,37). The van der Waals surface area contributed by atoms with Crippen LogP contribution in [0.1, 0.15) is 57.6 Å². The largest absolute Gasteiger partial charge is 0.476 e. The summed E-state index contributed by atoms with van der Waals surface area (Å²) in [7, 11) is -4.18. The lowest BCUT2D eigenvalue weighted by molar-refractivity contribution is 0.000850. The molecule has 44 heavy (non-hydrogen) atoms. The van der Waals surface area contributed by atoms with E-state index in [2.05, 4.69) is 9.97 Å². The van der Waals surface area contributed by atoms with E-state index in [1.54, 1.807) is 72.1 Å². The number of aromatic nitrogens is 3. The highest BCUT2D eigenvalue weighted by Crippen LogP contribution is 2.56. The predicted molar refractivity (Wildman–Crippen MR) is 165 cm³/mol. The lowest BCUT2D eigenvalue weighted by Gasteiger charge is -2.31. The summed E-state index contributed by atoms with van der Waals surface area (Å²) in [6, 6.07) is 14.3. The molecule has 5 rings (SSSR count). The molecule has 0 spiro atoms. The number of nitrogen functional groups attached to an aromatic ring is 1. The van der Waals surface area contributed by atoms with Gasteiger partial charge >= 0.3 is 7.82 Å². The minimum Gasteiger partial charge on any atom is -0.368 e. The molecule has 0 aliphatic heterocycles. The van der Waals surface area contributed by atoms with Gasteiger partial charge in [-0.3, -0.25) is 22.9 Å². The molecule has 0 amide bonds. The molecule has 9 nitrogen and oxygen atoms in total. The van der Waals surface area contributed by atoms with Crippen molar-refractivity contribution in [2.24, 2.45) is 0 Å². The Bertz CT molecular complexity index is 1890. The fraction of sp³-hybridized carbons (Fsp3) is 0.281. The number of benzene rings is 3. The fourth-order valence-electron chi connectivity index (χ4n) is 4.67. The fourth-order valence-corrected chi connectivity index (χ4v) is 6.45. The highest BCUT2D eigenvalue weighted by molar-refractivity contribution is 7.48. The van der Waals surface area contributed by atoms with Gasteiger partial charge in [0.2, 0.25) is 5.95 Å². The number of rotatable bonds is 7. The predicted octanol–water partition coefficient (Wildman–Crippen LogP) is 8.06. The molecular formula is C32H33F2N4O5P. The van der Waals surface area contributed by atoms with E-state index in [-0.39, 0.29) is 22.8 Å². The molecule has 0 fully saturated rings. The number of carbonyl (C=O) groups is 1. The summed E-state index contributed by atoms with van der Waals surface area (Å²) in [6.07, 6.45) is 3.38. The molecule has 0 aliphatic carbocycles. The Labute approximate surface area is 253 Å². The maximum atomic E-state index is 14.6. The number of phosphoric ester groups is 1. The van der Waals surface area contributed by atoms with Crippen LogP contribution in [0.4, 0.5) is 14.7 Å². The SMILES string of the molecule is CC(C)(C)OP(=O)(OCc1cc(F)c(F)cc1-c1ccc2nc(N)nc(C(=O)n3cc4ccccc4c3)c2c1)OC(C)(C)C. The molecule has 2 N–H and O–H groups in total. The van der Waals surface area contributed by atoms with Crippen LogP contribution in [0.25, 0.3) is 32.8 Å². The number of phosphoric acid groups is 1. The van der Waals surface area contributed by atoms with E-state index < -0.39 is 43.2 Å². The average molecular weight is 623 g/mol. The minimum absolute atomic E-state index is 0.0247. The van der Waals surface area contributed by atoms with Crippen molar-refractivity contribution < 1.29 is 31.7 Å². The van der Waals surface area contributed by atoms with Crippen molar-refractivity contribution in [1.82, 2.24) is 14.5 Å². The molecule has 0 aliphatic rings. The van der Waals surface area contributed by atoms with E-state index in [9.17, 15) is 18.1 Å². The van der Waals surface area contributed by atoms with Crippen LogP contribution in [0, 0.1) is 11.6 Å². The third kappa shape index (κ3) is 7.03. The van der Waals surface area contributed by atoms with Gasteiger partial charge < -0.3 is 5.73 Å². The summed E-state index contributed by atoms with van der Waals surface area (Å²) in [5.41, 5.74) is 5.36. The van der Waals surface area contributed by atoms with Crippen molar-refractivity contribution in [3.05, 3.63) is 89.9 Å². The van der Waals surface area contributed by atoms with E-state index >= 15 is 0 Å². The lowest BCUT2D eigenvalue weighted by atomic mass is 9.97. The Morgan fingerprint density at radius 3 is 2.07 bits per heavy atom. The van der Waals surface area contributed by atoms with E-state index in [4.69, 9.17) is 19.3 Å². The third-order valence-corrected chi connectivity index (χ3v) is 8.30. The molecule has 0 unspecified atom stereocenters. The van der Waals surface area contributed by atoms with Crippen molar-refractivity contribution >= 4 is 41.4 Å². The van der Waals surface area contributed by atoms with Crippen LogP contribution < -0.4 is 5.73 Å². The summed E-state index contributed by atoms with van der Waals surface area (Å²) in [4.78, 5) is 22.2. The molecule has 0 bridgehead atoms. The van der Waals surface area contributed by atoms with Crippen molar-refractivity contribution in [2.45, 2.75) is 59.4 Å². The smallest absolute Gasteiger partial charge is 0.368 e. The number of nitrogens with two attached hydrogens (primary N) is 1. The first-order chi connectivity index (χ1) is 20.5. The quantitative estimate of drug-likeness (QED) is 0.181. The van der Waals surface area contributed by atoms with E-state index in [0.717, 1.165) is 22.9 Å². The van der Waals surface area contributed by atoms with Crippen LogP contribution in [0.5, 0.6) is 0 Å². The molecule has 5 aromatic rings. The molecule has 0 saturated carbocycles. The van der Waals surface area contributed by atoms with Gasteiger partial charge in [0.15, 0.2) is 11.6 Å². The second-order valence-electron chi connectivity index (χ2n) is 12.3. The van der Waals surface area contributed by atoms with E-state index in [0.29, 0.717) is 16.5 Å². The molecule has 2 heterocycles. The highest BCUT2D eigenvalue weighted by atomic mass is 31.2. The molecule has 0 saturated heterocycles. The summed E-state index contributed by atoms with van der Waals surface area (Å²) in [5, 5.41) is 2.07. The second kappa shape index (κ2) is 11.5. The van der Waals surface area contributed by atoms with Crippen LogP contribution in [0.15, 0.2) is 67.0 Å². The van der Waals surface area contributed by atoms with Gasteiger partial charge in [-0.2, -0.15) is 0 Å². The van der Waals surface area contributed by atoms with Gasteiger partial charge in [-0.1, -0.05) is 30.3 Å². The Morgan fingerprint density at radius 2 is 1.48 bits per heavy atom. The summed E-state index contributed by atoms with van der Waals surface area (Å²) >= 11 is 0. The first-order valence-electron chi connectivity index (χ1n) is 13.8. The van der Waals surface area contributed by atoms with Crippen LogP contribution in [-0.4, -0.2) is 31.6 Å². The Morgan fingerprint density at radius 1 is 0.886 bits per heavy atom. The molecule has 0 radical (unpaired) electrons. The zero-order chi connectivity index (χ0) is 32.0. The van der Waals surface area contributed by atoms with Crippen molar-refractivity contribution in [2.75, 3.05) is 5.73 Å². The van der Waals surface area contributed by atoms with E-state index in [1.165, 1.54) is 4.57 Å². The number of hydrogen-bond donors (Lipinski definition) is 1. The molecular weight excluding hydrogens is 589 g/mol. The highest BCUT2D eigenvalue weighted by Gasteiger charge is 2.37. The van der Waals surface area contributed by atoms with Crippen molar-refractivity contribution in [1.29, 1.82) is 0 Å². The van der Waals surface area contributed by atoms with Gasteiger partial charge in [-0.15, -0.1) is 0 Å². The molecule has 3 aromatic carbocycles. The molecule has 0 atom stereocenters. The maximum Gasteiger partial charge on any atom is 0.476 e. The topological polar surface area (TPSA) is 119 Å². The third-order valence-electron chi connectivity index (χ3n) is 6.31. The Kier molecular flexibility index (Phi) is 8.20. The van der Waals surface area contributed by atoms with Crippen LogP contribution >= 0.6 is 7.82 Å². The zero-order valence-corrected chi connectivity index (χ0v) is 26.1. The Balaban J connectivity index is 1.58. The van der Waals surface area contributed by atoms with E-state index in [1.807, 2.05) is 24.3 Å². The van der Waals surface area contributed by atoms with Gasteiger partial charge in [0, 0.05) is 17.8 Å². The first-order valence-corrected chi connectivity index (χ1v) is 15.3. The normalized spacial score (nSPS) is 12.7. The monoisotopic (exact) mass is 622 g/mol. The lowest BCUT2D eigenvalue weighted by Crippen LogP contribution is -2.24. The summed E-state index contributed by atoms with van der Waals surface area (Å²) < 4.78 is 61.3. The maximum absolute atomic E-state index is 14.6. The number of hydrogen-bond acceptors (Lipinski definition) is 8. The van der Waals surface area contributed by atoms with Crippen molar-refractivity contribution in [3.8, 4) is 11.1 Å². The Hall–Kier alpha value is -4.02. The first kappa shape index (κ1) is 31.4. The van der Waals surface area contributed by atoms with Crippen LogP contribution in [0.2, 0.25) is 0 Å². The van der Waals surface area contributed by atoms with Gasteiger partial charge in [0.25, 0.3) is 5.91 Å². The second-order valence-corrected chi connectivity index (χ2v) is 13.8. The number of fused-ring (bicyclic) bond motifs is 2. The van der Waals surface area contributed by atoms with Crippen LogP contribution in [-0.2, 0) is 24.7 Å². The minimum atomic E-state index is -4.18. The summed E-state index contributed by atoms with van der Waals surface area (Å²) in [5.74, 6) is -2.78. The molecule has 12 heteroatoms. The number of halogens is 2. The summed E-state index contributed by atoms with van der Waals surface area (Å²) in [6.45, 7) is 9.71. The van der Waals surface area contributed by atoms with Crippen LogP contribution in [0.3, 0.4) is 0 Å². The van der Waals surface area contributed by atoms with Gasteiger partial charge in [-0.05, 0) is 93.3 Å². The van der Waals surface area contributed by atoms with Gasteiger partial charge in [0.1, 0.15) is 5.69 Å². The number of anilines is 1. The molecule has 2 aromatic heterocycles. The average Bonchev–Trinajstić information content (AvgIpc) is 3.35. The zero-order valence-electron chi connectivity index (χ0n) is 25.2. The number of carbonyl (C=O) groups excluding carboxylic acids is 1. The molecule has 230 valence electrons.